The quantitative estimate of drug-likeness (QED) is 0.911. The van der Waals surface area contributed by atoms with Crippen LogP contribution in [0.4, 0.5) is 0 Å². The number of thiophene rings is 1. The number of hydrogen-bond acceptors (Lipinski definition) is 4. The molecule has 0 aliphatic heterocycles. The van der Waals surface area contributed by atoms with Crippen molar-refractivity contribution in [1.82, 2.24) is 4.98 Å². The van der Waals surface area contributed by atoms with Crippen LogP contribution in [0.25, 0.3) is 9.88 Å². The number of aliphatic hydroxyl groups is 1. The van der Waals surface area contributed by atoms with E-state index in [0.29, 0.717) is 5.92 Å². The molecular formula is C13H17NOS2. The van der Waals surface area contributed by atoms with E-state index in [0.717, 1.165) is 10.7 Å². The topological polar surface area (TPSA) is 33.1 Å². The molecule has 0 aromatic carbocycles. The summed E-state index contributed by atoms with van der Waals surface area (Å²) >= 11 is 3.40. The summed E-state index contributed by atoms with van der Waals surface area (Å²) < 4.78 is 0. The third-order valence-electron chi connectivity index (χ3n) is 2.96. The lowest BCUT2D eigenvalue weighted by atomic mass is 9.94. The molecular weight excluding hydrogens is 250 g/mol. The first-order chi connectivity index (χ1) is 8.13. The van der Waals surface area contributed by atoms with Crippen LogP contribution in [0.3, 0.4) is 0 Å². The Morgan fingerprint density at radius 2 is 2.12 bits per heavy atom. The molecule has 2 heterocycles. The first-order valence-corrected chi connectivity index (χ1v) is 7.50. The van der Waals surface area contributed by atoms with Crippen LogP contribution in [-0.2, 0) is 0 Å². The normalized spacial score (nSPS) is 13.2. The van der Waals surface area contributed by atoms with Crippen LogP contribution < -0.4 is 0 Å². The van der Waals surface area contributed by atoms with Gasteiger partial charge in [0, 0.05) is 11.3 Å². The summed E-state index contributed by atoms with van der Waals surface area (Å²) in [5.74, 6) is 0.569. The predicted octanol–water partition coefficient (Wildman–Crippen LogP) is 3.91. The second-order valence-electron chi connectivity index (χ2n) is 4.54. The van der Waals surface area contributed by atoms with Gasteiger partial charge in [0.25, 0.3) is 0 Å². The van der Waals surface area contributed by atoms with Gasteiger partial charge in [0.1, 0.15) is 5.01 Å². The summed E-state index contributed by atoms with van der Waals surface area (Å²) in [5, 5.41) is 14.7. The molecule has 0 bridgehead atoms. The summed E-state index contributed by atoms with van der Waals surface area (Å²) in [7, 11) is 0. The van der Waals surface area contributed by atoms with Crippen LogP contribution in [0.2, 0.25) is 0 Å². The van der Waals surface area contributed by atoms with Gasteiger partial charge in [-0.25, -0.2) is 4.98 Å². The van der Waals surface area contributed by atoms with Gasteiger partial charge in [-0.1, -0.05) is 13.8 Å². The lowest BCUT2D eigenvalue weighted by Gasteiger charge is -2.15. The van der Waals surface area contributed by atoms with Gasteiger partial charge in [0.2, 0.25) is 0 Å². The maximum Gasteiger partial charge on any atom is 0.133 e. The van der Waals surface area contributed by atoms with E-state index in [9.17, 15) is 5.11 Å². The van der Waals surface area contributed by atoms with Gasteiger partial charge in [-0.15, -0.1) is 22.7 Å². The number of rotatable bonds is 4. The molecule has 4 heteroatoms. The number of aromatic nitrogens is 1. The first-order valence-electron chi connectivity index (χ1n) is 5.74. The molecule has 1 N–H and O–H groups in total. The van der Waals surface area contributed by atoms with Gasteiger partial charge >= 0.3 is 0 Å². The minimum absolute atomic E-state index is 0.153. The van der Waals surface area contributed by atoms with E-state index in [4.69, 9.17) is 0 Å². The third kappa shape index (κ3) is 2.59. The van der Waals surface area contributed by atoms with Gasteiger partial charge < -0.3 is 5.11 Å². The molecule has 0 spiro atoms. The number of nitrogens with zero attached hydrogens (tertiary/aromatic N) is 1. The van der Waals surface area contributed by atoms with E-state index in [2.05, 4.69) is 42.6 Å². The molecule has 92 valence electrons. The molecule has 1 unspecified atom stereocenters. The zero-order valence-corrected chi connectivity index (χ0v) is 11.9. The highest BCUT2D eigenvalue weighted by Crippen LogP contribution is 2.34. The van der Waals surface area contributed by atoms with Gasteiger partial charge in [-0.05, 0) is 29.9 Å². The Hall–Kier alpha value is -0.710. The van der Waals surface area contributed by atoms with Crippen LogP contribution in [0.15, 0.2) is 16.8 Å². The Morgan fingerprint density at radius 1 is 1.35 bits per heavy atom. The second-order valence-corrected chi connectivity index (χ2v) is 6.32. The van der Waals surface area contributed by atoms with Crippen molar-refractivity contribution >= 4 is 22.7 Å². The molecule has 0 aliphatic rings. The first kappa shape index (κ1) is 12.7. The highest BCUT2D eigenvalue weighted by molar-refractivity contribution is 7.20. The smallest absolute Gasteiger partial charge is 0.133 e. The largest absolute Gasteiger partial charge is 0.396 e. The van der Waals surface area contributed by atoms with Crippen molar-refractivity contribution in [3.8, 4) is 9.88 Å². The van der Waals surface area contributed by atoms with E-state index in [1.807, 2.05) is 0 Å². The molecule has 0 aliphatic carbocycles. The monoisotopic (exact) mass is 267 g/mol. The zero-order valence-electron chi connectivity index (χ0n) is 10.3. The van der Waals surface area contributed by atoms with E-state index in [1.54, 1.807) is 22.7 Å². The molecule has 2 nitrogen and oxygen atoms in total. The maximum atomic E-state index is 9.41. The van der Waals surface area contributed by atoms with E-state index >= 15 is 0 Å². The van der Waals surface area contributed by atoms with Gasteiger partial charge in [-0.3, -0.25) is 0 Å². The second kappa shape index (κ2) is 5.29. The summed E-state index contributed by atoms with van der Waals surface area (Å²) in [6, 6.07) is 2.12. The van der Waals surface area contributed by atoms with Gasteiger partial charge in [0.15, 0.2) is 0 Å². The predicted molar refractivity (Wildman–Crippen MR) is 74.8 cm³/mol. The fraction of sp³-hybridized carbons (Fsp3) is 0.462. The Labute approximate surface area is 110 Å². The molecule has 0 radical (unpaired) electrons. The molecule has 0 saturated heterocycles. The van der Waals surface area contributed by atoms with Gasteiger partial charge in [0.05, 0.1) is 17.2 Å². The van der Waals surface area contributed by atoms with Crippen molar-refractivity contribution in [2.45, 2.75) is 26.7 Å². The highest BCUT2D eigenvalue weighted by atomic mass is 32.1. The molecule has 17 heavy (non-hydrogen) atoms. The molecule has 0 saturated carbocycles. The molecule has 1 atom stereocenters. The van der Waals surface area contributed by atoms with Crippen LogP contribution in [0.1, 0.15) is 31.0 Å². The van der Waals surface area contributed by atoms with Crippen molar-refractivity contribution in [2.75, 3.05) is 6.61 Å². The molecule has 0 fully saturated rings. The summed E-state index contributed by atoms with van der Waals surface area (Å²) in [6.07, 6.45) is 0. The summed E-state index contributed by atoms with van der Waals surface area (Å²) in [5.41, 5.74) is 2.30. The average Bonchev–Trinajstić information content (AvgIpc) is 2.87. The Morgan fingerprint density at radius 3 is 2.65 bits per heavy atom. The fourth-order valence-electron chi connectivity index (χ4n) is 1.80. The lowest BCUT2D eigenvalue weighted by Crippen LogP contribution is -2.11. The third-order valence-corrected chi connectivity index (χ3v) is 4.99. The van der Waals surface area contributed by atoms with Crippen molar-refractivity contribution < 1.29 is 5.11 Å². The minimum Gasteiger partial charge on any atom is -0.396 e. The maximum absolute atomic E-state index is 9.41. The van der Waals surface area contributed by atoms with Crippen molar-refractivity contribution in [3.63, 3.8) is 0 Å². The van der Waals surface area contributed by atoms with Crippen LogP contribution in [-0.4, -0.2) is 16.7 Å². The number of hydrogen-bond donors (Lipinski definition) is 1. The number of aliphatic hydroxyl groups excluding tert-OH is 1. The Bertz CT molecular complexity index is 487. The fourth-order valence-corrected chi connectivity index (χ4v) is 3.78. The van der Waals surface area contributed by atoms with Crippen LogP contribution >= 0.6 is 22.7 Å². The number of thiazole rings is 1. The highest BCUT2D eigenvalue weighted by Gasteiger charge is 2.19. The minimum atomic E-state index is 0.153. The molecule has 2 rings (SSSR count). The standard InChI is InChI=1S/C13H17NOS2/c1-8(2)10(6-15)11-7-17-13(14-11)12-9(3)4-5-16-12/h4-5,7-8,10,15H,6H2,1-3H3. The molecule has 2 aromatic rings. The summed E-state index contributed by atoms with van der Waals surface area (Å²) in [6.45, 7) is 6.52. The van der Waals surface area contributed by atoms with Crippen molar-refractivity contribution in [3.05, 3.63) is 28.1 Å². The van der Waals surface area contributed by atoms with Crippen molar-refractivity contribution in [2.24, 2.45) is 5.92 Å². The Balaban J connectivity index is 2.30. The zero-order chi connectivity index (χ0) is 12.4. The lowest BCUT2D eigenvalue weighted by molar-refractivity contribution is 0.235. The van der Waals surface area contributed by atoms with Gasteiger partial charge in [-0.2, -0.15) is 0 Å². The van der Waals surface area contributed by atoms with Crippen LogP contribution in [0.5, 0.6) is 0 Å². The average molecular weight is 267 g/mol. The van der Waals surface area contributed by atoms with Crippen molar-refractivity contribution in [1.29, 1.82) is 0 Å². The van der Waals surface area contributed by atoms with E-state index < -0.39 is 0 Å². The molecule has 2 aromatic heterocycles. The molecule has 0 amide bonds. The number of aryl methyl sites for hydroxylation is 1. The summed E-state index contributed by atoms with van der Waals surface area (Å²) in [4.78, 5) is 5.93. The SMILES string of the molecule is Cc1ccsc1-c1nc(C(CO)C(C)C)cs1. The van der Waals surface area contributed by atoms with E-state index in [-0.39, 0.29) is 12.5 Å². The Kier molecular flexibility index (Phi) is 3.97. The van der Waals surface area contributed by atoms with E-state index in [1.165, 1.54) is 10.4 Å². The van der Waals surface area contributed by atoms with Crippen LogP contribution in [0, 0.1) is 12.8 Å².